The Morgan fingerprint density at radius 1 is 1.07 bits per heavy atom. The first-order valence-electron chi connectivity index (χ1n) is 10.1. The van der Waals surface area contributed by atoms with Gasteiger partial charge in [0.05, 0.1) is 11.6 Å². The number of Topliss-reactive ketones (excluding diaryl/α,β-unsaturated/α-hetero) is 1. The lowest BCUT2D eigenvalue weighted by Gasteiger charge is -2.29. The van der Waals surface area contributed by atoms with E-state index >= 15 is 0 Å². The van der Waals surface area contributed by atoms with Gasteiger partial charge < -0.3 is 9.88 Å². The molecular formula is C23H24BrN3O. The van der Waals surface area contributed by atoms with E-state index < -0.39 is 0 Å². The molecule has 0 aliphatic carbocycles. The molecule has 28 heavy (non-hydrogen) atoms. The van der Waals surface area contributed by atoms with E-state index in [2.05, 4.69) is 73.3 Å². The Hall–Kier alpha value is -1.95. The summed E-state index contributed by atoms with van der Waals surface area (Å²) in [6, 6.07) is 17.1. The minimum absolute atomic E-state index is 0.0421. The van der Waals surface area contributed by atoms with Gasteiger partial charge in [-0.05, 0) is 80.9 Å². The number of hydrogen-bond donors (Lipinski definition) is 1. The molecule has 4 nitrogen and oxygen atoms in total. The molecule has 5 rings (SSSR count). The average molecular weight is 438 g/mol. The third kappa shape index (κ3) is 3.21. The first-order chi connectivity index (χ1) is 13.7. The molecule has 1 N–H and O–H groups in total. The third-order valence-electron chi connectivity index (χ3n) is 6.18. The zero-order chi connectivity index (χ0) is 19.1. The summed E-state index contributed by atoms with van der Waals surface area (Å²) in [7, 11) is 0. The van der Waals surface area contributed by atoms with Crippen molar-refractivity contribution >= 4 is 32.6 Å². The summed E-state index contributed by atoms with van der Waals surface area (Å²) >= 11 is 3.53. The zero-order valence-electron chi connectivity index (χ0n) is 15.8. The fraction of sp³-hybridized carbons (Fsp3) is 0.348. The molecule has 0 spiro atoms. The Bertz CT molecular complexity index is 1000. The van der Waals surface area contributed by atoms with E-state index in [-0.39, 0.29) is 11.8 Å². The predicted octanol–water partition coefficient (Wildman–Crippen LogP) is 4.40. The van der Waals surface area contributed by atoms with Gasteiger partial charge in [-0.25, -0.2) is 0 Å². The summed E-state index contributed by atoms with van der Waals surface area (Å²) in [6.45, 7) is 3.13. The maximum absolute atomic E-state index is 13.2. The quantitative estimate of drug-likeness (QED) is 0.614. The second-order valence-corrected chi connectivity index (χ2v) is 8.76. The number of aromatic nitrogens is 1. The van der Waals surface area contributed by atoms with Gasteiger partial charge in [0, 0.05) is 39.9 Å². The number of carbonyl (C=O) groups is 1. The summed E-state index contributed by atoms with van der Waals surface area (Å²) in [6.07, 6.45) is 5.34. The fourth-order valence-electron chi connectivity index (χ4n) is 4.75. The van der Waals surface area contributed by atoms with Gasteiger partial charge in [0.25, 0.3) is 0 Å². The highest BCUT2D eigenvalue weighted by atomic mass is 79.9. The van der Waals surface area contributed by atoms with Crippen LogP contribution in [0.5, 0.6) is 0 Å². The molecule has 5 heteroatoms. The minimum atomic E-state index is 0.0421. The molecule has 2 atom stereocenters. The van der Waals surface area contributed by atoms with Crippen LogP contribution >= 0.6 is 15.9 Å². The summed E-state index contributed by atoms with van der Waals surface area (Å²) in [5.41, 5.74) is 3.07. The van der Waals surface area contributed by atoms with Crippen LogP contribution in [-0.4, -0.2) is 47.0 Å². The molecule has 2 aliphatic heterocycles. The van der Waals surface area contributed by atoms with Crippen LogP contribution < -0.4 is 5.32 Å². The summed E-state index contributed by atoms with van der Waals surface area (Å²) in [5, 5.41) is 4.63. The standard InChI is InChI=1S/C23H24BrN3O/c24-18-5-8-21-17(14-18)10-13-27(21)19-6-3-16(4-7-19)23(28)22-2-1-12-26(22)20-9-11-25-15-20/h3-8,10,13-14,20,22,25H,1-2,9,11-12,15H2. The van der Waals surface area contributed by atoms with Crippen LogP contribution in [0.15, 0.2) is 59.2 Å². The van der Waals surface area contributed by atoms with Gasteiger partial charge in [-0.15, -0.1) is 0 Å². The van der Waals surface area contributed by atoms with Gasteiger partial charge in [-0.2, -0.15) is 0 Å². The number of benzene rings is 2. The number of carbonyl (C=O) groups excluding carboxylic acids is 1. The van der Waals surface area contributed by atoms with Crippen LogP contribution in [0.2, 0.25) is 0 Å². The van der Waals surface area contributed by atoms with Crippen molar-refractivity contribution in [3.63, 3.8) is 0 Å². The molecule has 2 unspecified atom stereocenters. The summed E-state index contributed by atoms with van der Waals surface area (Å²) in [4.78, 5) is 15.6. The minimum Gasteiger partial charge on any atom is -0.317 e. The van der Waals surface area contributed by atoms with E-state index in [1.165, 1.54) is 5.39 Å². The van der Waals surface area contributed by atoms with Gasteiger partial charge >= 0.3 is 0 Å². The fourth-order valence-corrected chi connectivity index (χ4v) is 5.13. The first kappa shape index (κ1) is 18.1. The van der Waals surface area contributed by atoms with Crippen molar-refractivity contribution in [3.8, 4) is 5.69 Å². The normalized spacial score (nSPS) is 22.9. The van der Waals surface area contributed by atoms with Crippen molar-refractivity contribution in [2.24, 2.45) is 0 Å². The van der Waals surface area contributed by atoms with Crippen molar-refractivity contribution in [3.05, 3.63) is 64.8 Å². The van der Waals surface area contributed by atoms with Crippen molar-refractivity contribution in [2.75, 3.05) is 19.6 Å². The zero-order valence-corrected chi connectivity index (χ0v) is 17.4. The van der Waals surface area contributed by atoms with Crippen molar-refractivity contribution < 1.29 is 4.79 Å². The molecule has 0 amide bonds. The number of hydrogen-bond acceptors (Lipinski definition) is 3. The second-order valence-electron chi connectivity index (χ2n) is 7.84. The number of halogens is 1. The Morgan fingerprint density at radius 3 is 2.71 bits per heavy atom. The Morgan fingerprint density at radius 2 is 1.93 bits per heavy atom. The van der Waals surface area contributed by atoms with Crippen LogP contribution in [-0.2, 0) is 0 Å². The molecule has 2 aromatic carbocycles. The highest BCUT2D eigenvalue weighted by Gasteiger charge is 2.36. The molecule has 0 saturated carbocycles. The number of nitrogens with one attached hydrogen (secondary N) is 1. The maximum atomic E-state index is 13.2. The molecule has 3 heterocycles. The van der Waals surface area contributed by atoms with Crippen molar-refractivity contribution in [1.29, 1.82) is 0 Å². The topological polar surface area (TPSA) is 37.3 Å². The highest BCUT2D eigenvalue weighted by Crippen LogP contribution is 2.27. The number of likely N-dealkylation sites (tertiary alicyclic amines) is 1. The molecule has 2 fully saturated rings. The summed E-state index contributed by atoms with van der Waals surface area (Å²) < 4.78 is 3.25. The van der Waals surface area contributed by atoms with Crippen molar-refractivity contribution in [1.82, 2.24) is 14.8 Å². The Balaban J connectivity index is 1.39. The van der Waals surface area contributed by atoms with Crippen LogP contribution in [0, 0.1) is 0 Å². The third-order valence-corrected chi connectivity index (χ3v) is 6.68. The molecule has 3 aromatic rings. The first-order valence-corrected chi connectivity index (χ1v) is 10.9. The van der Waals surface area contributed by atoms with E-state index in [0.29, 0.717) is 6.04 Å². The monoisotopic (exact) mass is 437 g/mol. The summed E-state index contributed by atoms with van der Waals surface area (Å²) in [5.74, 6) is 0.275. The molecule has 1 aromatic heterocycles. The Kier molecular flexibility index (Phi) is 4.83. The molecule has 144 valence electrons. The molecular weight excluding hydrogens is 414 g/mol. The van der Waals surface area contributed by atoms with Crippen LogP contribution in [0.1, 0.15) is 29.6 Å². The highest BCUT2D eigenvalue weighted by molar-refractivity contribution is 9.10. The largest absolute Gasteiger partial charge is 0.317 e. The lowest BCUT2D eigenvalue weighted by molar-refractivity contribution is 0.0826. The van der Waals surface area contributed by atoms with Crippen molar-refractivity contribution in [2.45, 2.75) is 31.3 Å². The lowest BCUT2D eigenvalue weighted by Crippen LogP contribution is -2.44. The molecule has 2 aliphatic rings. The van der Waals surface area contributed by atoms with E-state index in [0.717, 1.165) is 60.1 Å². The number of ketones is 1. The van der Waals surface area contributed by atoms with Gasteiger partial charge in [0.15, 0.2) is 5.78 Å². The maximum Gasteiger partial charge on any atom is 0.179 e. The van der Waals surface area contributed by atoms with E-state index in [9.17, 15) is 4.79 Å². The second kappa shape index (κ2) is 7.47. The van der Waals surface area contributed by atoms with Gasteiger partial charge in [0.1, 0.15) is 0 Å². The Labute approximate surface area is 173 Å². The molecule has 0 bridgehead atoms. The van der Waals surface area contributed by atoms with E-state index in [1.807, 2.05) is 12.1 Å². The van der Waals surface area contributed by atoms with Gasteiger partial charge in [-0.3, -0.25) is 9.69 Å². The van der Waals surface area contributed by atoms with E-state index in [1.54, 1.807) is 0 Å². The van der Waals surface area contributed by atoms with Gasteiger partial charge in [-0.1, -0.05) is 15.9 Å². The average Bonchev–Trinajstić information content (AvgIpc) is 3.46. The number of fused-ring (bicyclic) bond motifs is 1. The van der Waals surface area contributed by atoms with Crippen LogP contribution in [0.3, 0.4) is 0 Å². The SMILES string of the molecule is O=C(c1ccc(-n2ccc3cc(Br)ccc32)cc1)C1CCCN1C1CCNC1. The molecule has 2 saturated heterocycles. The smallest absolute Gasteiger partial charge is 0.179 e. The van der Waals surface area contributed by atoms with Crippen LogP contribution in [0.25, 0.3) is 16.6 Å². The predicted molar refractivity (Wildman–Crippen MR) is 116 cm³/mol. The van der Waals surface area contributed by atoms with E-state index in [4.69, 9.17) is 0 Å². The molecule has 0 radical (unpaired) electrons. The van der Waals surface area contributed by atoms with Crippen LogP contribution in [0.4, 0.5) is 0 Å². The lowest BCUT2D eigenvalue weighted by atomic mass is 10.0. The number of nitrogens with zero attached hydrogens (tertiary/aromatic N) is 2. The number of rotatable bonds is 4. The van der Waals surface area contributed by atoms with Gasteiger partial charge in [0.2, 0.25) is 0 Å².